The lowest BCUT2D eigenvalue weighted by Crippen LogP contribution is -2.07. The van der Waals surface area contributed by atoms with Crippen LogP contribution in [0.3, 0.4) is 0 Å². The van der Waals surface area contributed by atoms with Crippen LogP contribution in [-0.2, 0) is 0 Å². The number of benzene rings is 1. The average Bonchev–Trinajstić information content (AvgIpc) is 2.98. The van der Waals surface area contributed by atoms with Crippen molar-refractivity contribution in [1.82, 2.24) is 20.2 Å². The number of aromatic nitrogens is 4. The second kappa shape index (κ2) is 4.36. The fourth-order valence-electron chi connectivity index (χ4n) is 2.54. The van der Waals surface area contributed by atoms with E-state index in [0.29, 0.717) is 17.3 Å². The highest BCUT2D eigenvalue weighted by atomic mass is 19.1. The van der Waals surface area contributed by atoms with Gasteiger partial charge in [0.25, 0.3) is 0 Å². The molecule has 0 aliphatic heterocycles. The van der Waals surface area contributed by atoms with Gasteiger partial charge in [-0.25, -0.2) is 4.39 Å². The van der Waals surface area contributed by atoms with E-state index >= 15 is 0 Å². The summed E-state index contributed by atoms with van der Waals surface area (Å²) in [7, 11) is 0. The highest BCUT2D eigenvalue weighted by molar-refractivity contribution is 5.48. The molecule has 0 bridgehead atoms. The van der Waals surface area contributed by atoms with Gasteiger partial charge >= 0.3 is 0 Å². The fourth-order valence-corrected chi connectivity index (χ4v) is 2.54. The van der Waals surface area contributed by atoms with E-state index < -0.39 is 0 Å². The van der Waals surface area contributed by atoms with Crippen molar-refractivity contribution in [3.63, 3.8) is 0 Å². The summed E-state index contributed by atoms with van der Waals surface area (Å²) in [6, 6.07) is 4.35. The molecule has 3 rings (SSSR count). The van der Waals surface area contributed by atoms with Crippen molar-refractivity contribution in [2.45, 2.75) is 31.6 Å². The second-order valence-corrected chi connectivity index (χ2v) is 4.67. The van der Waals surface area contributed by atoms with E-state index in [4.69, 9.17) is 5.73 Å². The third-order valence-electron chi connectivity index (χ3n) is 3.36. The minimum absolute atomic E-state index is 0.365. The molecule has 2 aromatic rings. The first kappa shape index (κ1) is 11.1. The van der Waals surface area contributed by atoms with Crippen molar-refractivity contribution in [3.05, 3.63) is 29.8 Å². The van der Waals surface area contributed by atoms with Crippen LogP contribution in [-0.4, -0.2) is 20.2 Å². The molecule has 0 spiro atoms. The standard InChI is InChI=1S/C12H14FN5/c13-9-5-10(14)7-11(6-9)18-12(15-16-17-18)8-3-1-2-4-8/h5-8H,1-4,14H2. The van der Waals surface area contributed by atoms with Crippen LogP contribution in [0, 0.1) is 5.82 Å². The van der Waals surface area contributed by atoms with Crippen LogP contribution in [0.1, 0.15) is 37.4 Å². The first-order valence-electron chi connectivity index (χ1n) is 6.09. The first-order chi connectivity index (χ1) is 8.74. The quantitative estimate of drug-likeness (QED) is 0.824. The predicted molar refractivity (Wildman–Crippen MR) is 64.7 cm³/mol. The molecule has 0 atom stereocenters. The number of rotatable bonds is 2. The molecule has 1 aliphatic rings. The Morgan fingerprint density at radius 2 is 2.00 bits per heavy atom. The number of tetrazole rings is 1. The van der Waals surface area contributed by atoms with Gasteiger partial charge in [-0.2, -0.15) is 4.68 Å². The van der Waals surface area contributed by atoms with E-state index in [1.807, 2.05) is 0 Å². The van der Waals surface area contributed by atoms with E-state index in [2.05, 4.69) is 15.5 Å². The Morgan fingerprint density at radius 1 is 1.22 bits per heavy atom. The molecule has 1 aromatic heterocycles. The number of nitrogen functional groups attached to an aromatic ring is 1. The largest absolute Gasteiger partial charge is 0.399 e. The van der Waals surface area contributed by atoms with Crippen molar-refractivity contribution in [3.8, 4) is 5.69 Å². The SMILES string of the molecule is Nc1cc(F)cc(-n2nnnc2C2CCCC2)c1. The Morgan fingerprint density at radius 3 is 2.72 bits per heavy atom. The molecule has 1 heterocycles. The van der Waals surface area contributed by atoms with Crippen LogP contribution in [0.15, 0.2) is 18.2 Å². The summed E-state index contributed by atoms with van der Waals surface area (Å²) in [6.07, 6.45) is 4.57. The normalized spacial score (nSPS) is 16.3. The molecule has 1 aromatic carbocycles. The fraction of sp³-hybridized carbons (Fsp3) is 0.417. The van der Waals surface area contributed by atoms with Gasteiger partial charge in [-0.15, -0.1) is 5.10 Å². The van der Waals surface area contributed by atoms with Crippen molar-refractivity contribution in [2.24, 2.45) is 0 Å². The predicted octanol–water partition coefficient (Wildman–Crippen LogP) is 2.04. The van der Waals surface area contributed by atoms with Crippen molar-refractivity contribution >= 4 is 5.69 Å². The number of nitrogens with zero attached hydrogens (tertiary/aromatic N) is 4. The van der Waals surface area contributed by atoms with Gasteiger partial charge in [-0.3, -0.25) is 0 Å². The van der Waals surface area contributed by atoms with E-state index in [9.17, 15) is 4.39 Å². The Balaban J connectivity index is 2.03. The lowest BCUT2D eigenvalue weighted by molar-refractivity contribution is 0.616. The van der Waals surface area contributed by atoms with E-state index in [-0.39, 0.29) is 5.82 Å². The van der Waals surface area contributed by atoms with Gasteiger partial charge in [0, 0.05) is 11.6 Å². The zero-order valence-corrected chi connectivity index (χ0v) is 9.88. The molecule has 6 heteroatoms. The molecule has 94 valence electrons. The zero-order chi connectivity index (χ0) is 12.5. The van der Waals surface area contributed by atoms with E-state index in [1.54, 1.807) is 10.7 Å². The first-order valence-corrected chi connectivity index (χ1v) is 6.09. The van der Waals surface area contributed by atoms with Gasteiger partial charge < -0.3 is 5.73 Å². The molecule has 18 heavy (non-hydrogen) atoms. The minimum atomic E-state index is -0.377. The molecule has 5 nitrogen and oxygen atoms in total. The van der Waals surface area contributed by atoms with Crippen molar-refractivity contribution in [2.75, 3.05) is 5.73 Å². The zero-order valence-electron chi connectivity index (χ0n) is 9.88. The van der Waals surface area contributed by atoms with Crippen LogP contribution in [0.4, 0.5) is 10.1 Å². The summed E-state index contributed by atoms with van der Waals surface area (Å²) in [5, 5.41) is 11.7. The number of anilines is 1. The Kier molecular flexibility index (Phi) is 2.70. The summed E-state index contributed by atoms with van der Waals surface area (Å²) < 4.78 is 15.0. The van der Waals surface area contributed by atoms with Gasteiger partial charge in [0.15, 0.2) is 5.82 Å². The van der Waals surface area contributed by atoms with Crippen LogP contribution in [0.25, 0.3) is 5.69 Å². The van der Waals surface area contributed by atoms with Gasteiger partial charge in [-0.05, 0) is 41.5 Å². The second-order valence-electron chi connectivity index (χ2n) is 4.67. The summed E-state index contributed by atoms with van der Waals surface area (Å²) in [6.45, 7) is 0. The molecule has 0 radical (unpaired) electrons. The molecule has 0 unspecified atom stereocenters. The summed E-state index contributed by atoms with van der Waals surface area (Å²) in [5.74, 6) is 0.792. The van der Waals surface area contributed by atoms with Crippen molar-refractivity contribution < 1.29 is 4.39 Å². The van der Waals surface area contributed by atoms with E-state index in [1.165, 1.54) is 25.0 Å². The van der Waals surface area contributed by atoms with Gasteiger partial charge in [0.05, 0.1) is 5.69 Å². The maximum atomic E-state index is 13.4. The number of hydrogen-bond donors (Lipinski definition) is 1. The van der Waals surface area contributed by atoms with Gasteiger partial charge in [0.2, 0.25) is 0 Å². The molecule has 2 N–H and O–H groups in total. The third-order valence-corrected chi connectivity index (χ3v) is 3.36. The van der Waals surface area contributed by atoms with Crippen molar-refractivity contribution in [1.29, 1.82) is 0 Å². The molecule has 1 fully saturated rings. The Bertz CT molecular complexity index is 539. The van der Waals surface area contributed by atoms with Crippen LogP contribution < -0.4 is 5.73 Å². The number of hydrogen-bond acceptors (Lipinski definition) is 4. The third kappa shape index (κ3) is 1.94. The summed E-state index contributed by atoms with van der Waals surface area (Å²) in [5.41, 5.74) is 6.60. The molecule has 1 saturated carbocycles. The maximum absolute atomic E-state index is 13.4. The minimum Gasteiger partial charge on any atom is -0.399 e. The Hall–Kier alpha value is -1.98. The van der Waals surface area contributed by atoms with Gasteiger partial charge in [0.1, 0.15) is 5.82 Å². The monoisotopic (exact) mass is 247 g/mol. The maximum Gasteiger partial charge on any atom is 0.159 e. The molecule has 0 amide bonds. The summed E-state index contributed by atoms with van der Waals surface area (Å²) >= 11 is 0. The average molecular weight is 247 g/mol. The molecule has 1 aliphatic carbocycles. The van der Waals surface area contributed by atoms with Crippen LogP contribution in [0.2, 0.25) is 0 Å². The van der Waals surface area contributed by atoms with Gasteiger partial charge in [-0.1, -0.05) is 12.8 Å². The highest BCUT2D eigenvalue weighted by Gasteiger charge is 2.23. The van der Waals surface area contributed by atoms with Crippen LogP contribution >= 0.6 is 0 Å². The molecular weight excluding hydrogens is 233 g/mol. The number of nitrogens with two attached hydrogens (primary N) is 1. The lowest BCUT2D eigenvalue weighted by Gasteiger charge is -2.10. The highest BCUT2D eigenvalue weighted by Crippen LogP contribution is 2.33. The van der Waals surface area contributed by atoms with Crippen LogP contribution in [0.5, 0.6) is 0 Å². The lowest BCUT2D eigenvalue weighted by atomic mass is 10.1. The molecular formula is C12H14FN5. The Labute approximate surface area is 104 Å². The topological polar surface area (TPSA) is 69.6 Å². The number of halogens is 1. The molecule has 0 saturated heterocycles. The van der Waals surface area contributed by atoms with E-state index in [0.717, 1.165) is 18.7 Å². The smallest absolute Gasteiger partial charge is 0.159 e. The summed E-state index contributed by atoms with van der Waals surface area (Å²) in [4.78, 5) is 0.